The molecular formula is C14H15ClN2O2S. The third-order valence-corrected chi connectivity index (χ3v) is 4.27. The van der Waals surface area contributed by atoms with Crippen molar-refractivity contribution in [3.05, 3.63) is 34.2 Å². The molecule has 0 atom stereocenters. The fourth-order valence-corrected chi connectivity index (χ4v) is 3.21. The normalized spacial score (nSPS) is 10.8. The van der Waals surface area contributed by atoms with E-state index in [1.54, 1.807) is 0 Å². The summed E-state index contributed by atoms with van der Waals surface area (Å²) in [4.78, 5) is 24.0. The Morgan fingerprint density at radius 1 is 1.30 bits per heavy atom. The Hall–Kier alpha value is -1.59. The molecule has 0 bridgehead atoms. The lowest BCUT2D eigenvalue weighted by Gasteiger charge is -2.08. The van der Waals surface area contributed by atoms with Crippen LogP contribution in [-0.2, 0) is 4.79 Å². The van der Waals surface area contributed by atoms with Crippen molar-refractivity contribution in [3.63, 3.8) is 0 Å². The molecule has 0 aliphatic heterocycles. The molecule has 20 heavy (non-hydrogen) atoms. The fraction of sp³-hybridized carbons (Fsp3) is 0.286. The van der Waals surface area contributed by atoms with Crippen LogP contribution in [-0.4, -0.2) is 24.4 Å². The summed E-state index contributed by atoms with van der Waals surface area (Å²) < 4.78 is 0.953. The van der Waals surface area contributed by atoms with Crippen LogP contribution in [0.3, 0.4) is 0 Å². The lowest BCUT2D eigenvalue weighted by molar-refractivity contribution is -0.120. The first-order valence-corrected chi connectivity index (χ1v) is 7.43. The van der Waals surface area contributed by atoms with Crippen molar-refractivity contribution < 1.29 is 9.59 Å². The maximum absolute atomic E-state index is 12.1. The molecule has 4 nitrogen and oxygen atoms in total. The first kappa shape index (κ1) is 14.8. The van der Waals surface area contributed by atoms with E-state index in [1.165, 1.54) is 11.3 Å². The molecule has 1 aromatic heterocycles. The Labute approximate surface area is 126 Å². The van der Waals surface area contributed by atoms with Gasteiger partial charge in [-0.05, 0) is 19.9 Å². The van der Waals surface area contributed by atoms with Crippen LogP contribution in [0.1, 0.15) is 23.5 Å². The van der Waals surface area contributed by atoms with E-state index >= 15 is 0 Å². The molecule has 1 aromatic carbocycles. The number of benzene rings is 1. The minimum atomic E-state index is -0.324. The van der Waals surface area contributed by atoms with Crippen molar-refractivity contribution >= 4 is 44.8 Å². The predicted molar refractivity (Wildman–Crippen MR) is 82.4 cm³/mol. The van der Waals surface area contributed by atoms with Crippen molar-refractivity contribution in [2.45, 2.75) is 19.9 Å². The molecule has 0 fully saturated rings. The average molecular weight is 311 g/mol. The highest BCUT2D eigenvalue weighted by Gasteiger charge is 2.17. The zero-order chi connectivity index (χ0) is 14.7. The van der Waals surface area contributed by atoms with E-state index in [1.807, 2.05) is 38.1 Å². The number of halogens is 1. The van der Waals surface area contributed by atoms with Gasteiger partial charge in [-0.15, -0.1) is 11.3 Å². The predicted octanol–water partition coefficient (Wildman–Crippen LogP) is 2.81. The summed E-state index contributed by atoms with van der Waals surface area (Å²) in [6.07, 6.45) is 0. The van der Waals surface area contributed by atoms with Gasteiger partial charge in [-0.3, -0.25) is 9.59 Å². The molecule has 0 saturated heterocycles. The lowest BCUT2D eigenvalue weighted by atomic mass is 10.2. The van der Waals surface area contributed by atoms with Crippen LogP contribution in [0.25, 0.3) is 10.1 Å². The summed E-state index contributed by atoms with van der Waals surface area (Å²) in [7, 11) is 0. The number of fused-ring (bicyclic) bond motifs is 1. The largest absolute Gasteiger partial charge is 0.352 e. The monoisotopic (exact) mass is 310 g/mol. The van der Waals surface area contributed by atoms with Gasteiger partial charge in [-0.25, -0.2) is 0 Å². The molecule has 2 rings (SSSR count). The molecule has 0 spiro atoms. The van der Waals surface area contributed by atoms with Gasteiger partial charge in [0.2, 0.25) is 5.91 Å². The van der Waals surface area contributed by atoms with Gasteiger partial charge in [-0.2, -0.15) is 0 Å². The third-order valence-electron chi connectivity index (χ3n) is 2.60. The molecule has 0 aliphatic carbocycles. The third kappa shape index (κ3) is 3.29. The minimum absolute atomic E-state index is 0.0484. The van der Waals surface area contributed by atoms with Gasteiger partial charge in [0, 0.05) is 16.1 Å². The standard InChI is InChI=1S/C14H15ClN2O2S/c1-8(2)17-11(18)7-16-14(19)13-12(15)9-5-3-4-6-10(9)20-13/h3-6,8H,7H2,1-2H3,(H,16,19)(H,17,18). The number of amides is 2. The van der Waals surface area contributed by atoms with E-state index in [2.05, 4.69) is 10.6 Å². The maximum Gasteiger partial charge on any atom is 0.263 e. The smallest absolute Gasteiger partial charge is 0.263 e. The number of thiophene rings is 1. The van der Waals surface area contributed by atoms with Crippen LogP contribution in [0.2, 0.25) is 5.02 Å². The number of carbonyl (C=O) groups is 2. The average Bonchev–Trinajstić information content (AvgIpc) is 2.73. The first-order chi connectivity index (χ1) is 9.49. The van der Waals surface area contributed by atoms with Crippen LogP contribution in [0.4, 0.5) is 0 Å². The van der Waals surface area contributed by atoms with Gasteiger partial charge in [0.15, 0.2) is 0 Å². The molecule has 2 aromatic rings. The van der Waals surface area contributed by atoms with Crippen LogP contribution >= 0.6 is 22.9 Å². The molecular weight excluding hydrogens is 296 g/mol. The summed E-state index contributed by atoms with van der Waals surface area (Å²) in [6.45, 7) is 3.67. The first-order valence-electron chi connectivity index (χ1n) is 6.23. The van der Waals surface area contributed by atoms with E-state index < -0.39 is 0 Å². The maximum atomic E-state index is 12.1. The van der Waals surface area contributed by atoms with Gasteiger partial charge in [-0.1, -0.05) is 29.8 Å². The zero-order valence-electron chi connectivity index (χ0n) is 11.2. The van der Waals surface area contributed by atoms with Gasteiger partial charge < -0.3 is 10.6 Å². The minimum Gasteiger partial charge on any atom is -0.352 e. The summed E-state index contributed by atoms with van der Waals surface area (Å²) in [5.41, 5.74) is 0. The second-order valence-electron chi connectivity index (χ2n) is 4.65. The van der Waals surface area contributed by atoms with Gasteiger partial charge in [0.1, 0.15) is 4.88 Å². The summed E-state index contributed by atoms with van der Waals surface area (Å²) in [6, 6.07) is 7.60. The van der Waals surface area contributed by atoms with Crippen LogP contribution < -0.4 is 10.6 Å². The second kappa shape index (κ2) is 6.24. The quantitative estimate of drug-likeness (QED) is 0.912. The Kier molecular flexibility index (Phi) is 4.62. The van der Waals surface area contributed by atoms with Gasteiger partial charge in [0.05, 0.1) is 11.6 Å². The summed E-state index contributed by atoms with van der Waals surface area (Å²) in [5.74, 6) is -0.541. The fourth-order valence-electron chi connectivity index (χ4n) is 1.77. The highest BCUT2D eigenvalue weighted by Crippen LogP contribution is 2.34. The SMILES string of the molecule is CC(C)NC(=O)CNC(=O)c1sc2ccccc2c1Cl. The highest BCUT2D eigenvalue weighted by molar-refractivity contribution is 7.21. The van der Waals surface area contributed by atoms with E-state index in [-0.39, 0.29) is 24.4 Å². The van der Waals surface area contributed by atoms with E-state index in [0.29, 0.717) is 9.90 Å². The number of carbonyl (C=O) groups excluding carboxylic acids is 2. The Morgan fingerprint density at radius 2 is 2.00 bits per heavy atom. The van der Waals surface area contributed by atoms with Crippen LogP contribution in [0.5, 0.6) is 0 Å². The second-order valence-corrected chi connectivity index (χ2v) is 6.08. The van der Waals surface area contributed by atoms with Crippen molar-refractivity contribution in [2.75, 3.05) is 6.54 Å². The Morgan fingerprint density at radius 3 is 2.65 bits per heavy atom. The van der Waals surface area contributed by atoms with Crippen molar-refractivity contribution in [3.8, 4) is 0 Å². The molecule has 0 radical (unpaired) electrons. The van der Waals surface area contributed by atoms with E-state index in [0.717, 1.165) is 10.1 Å². The molecule has 1 heterocycles. The lowest BCUT2D eigenvalue weighted by Crippen LogP contribution is -2.39. The van der Waals surface area contributed by atoms with E-state index in [9.17, 15) is 9.59 Å². The van der Waals surface area contributed by atoms with Gasteiger partial charge in [0.25, 0.3) is 5.91 Å². The molecule has 106 valence electrons. The van der Waals surface area contributed by atoms with Gasteiger partial charge >= 0.3 is 0 Å². The van der Waals surface area contributed by atoms with Crippen LogP contribution in [0, 0.1) is 0 Å². The molecule has 0 aliphatic rings. The molecule has 2 N–H and O–H groups in total. The Bertz CT molecular complexity index is 652. The van der Waals surface area contributed by atoms with Crippen molar-refractivity contribution in [1.82, 2.24) is 10.6 Å². The number of nitrogens with one attached hydrogen (secondary N) is 2. The Balaban J connectivity index is 2.08. The zero-order valence-corrected chi connectivity index (χ0v) is 12.8. The number of hydrogen-bond donors (Lipinski definition) is 2. The molecule has 2 amide bonds. The highest BCUT2D eigenvalue weighted by atomic mass is 35.5. The summed E-state index contributed by atoms with van der Waals surface area (Å²) in [5, 5.41) is 6.58. The topological polar surface area (TPSA) is 58.2 Å². The summed E-state index contributed by atoms with van der Waals surface area (Å²) >= 11 is 7.52. The van der Waals surface area contributed by atoms with Crippen LogP contribution in [0.15, 0.2) is 24.3 Å². The number of rotatable bonds is 4. The molecule has 0 saturated carbocycles. The molecule has 6 heteroatoms. The van der Waals surface area contributed by atoms with Crippen molar-refractivity contribution in [1.29, 1.82) is 0 Å². The van der Waals surface area contributed by atoms with Crippen molar-refractivity contribution in [2.24, 2.45) is 0 Å². The van der Waals surface area contributed by atoms with E-state index in [4.69, 9.17) is 11.6 Å². The molecule has 0 unspecified atom stereocenters. The number of hydrogen-bond acceptors (Lipinski definition) is 3.